The van der Waals surface area contributed by atoms with E-state index in [0.717, 1.165) is 32.1 Å². The van der Waals surface area contributed by atoms with Crippen molar-refractivity contribution in [3.63, 3.8) is 0 Å². The van der Waals surface area contributed by atoms with Crippen LogP contribution in [0.15, 0.2) is 48.5 Å². The van der Waals surface area contributed by atoms with Crippen LogP contribution in [0.5, 0.6) is 0 Å². The number of carbonyl (C=O) groups is 3. The van der Waals surface area contributed by atoms with Crippen LogP contribution in [0.1, 0.15) is 73.1 Å². The molecule has 0 heterocycles. The fraction of sp³-hybridized carbons (Fsp3) is 0.423. The van der Waals surface area contributed by atoms with E-state index in [2.05, 4.69) is 21.3 Å². The molecule has 0 aliphatic heterocycles. The molecule has 1 atom stereocenters. The number of hydrogen-bond acceptors (Lipinski definition) is 4. The summed E-state index contributed by atoms with van der Waals surface area (Å²) in [7, 11) is 0. The van der Waals surface area contributed by atoms with E-state index in [0.29, 0.717) is 22.5 Å². The highest BCUT2D eigenvalue weighted by molar-refractivity contribution is 5.97. The second-order valence-electron chi connectivity index (χ2n) is 8.65. The summed E-state index contributed by atoms with van der Waals surface area (Å²) in [5.74, 6) is -0.423. The molecule has 0 radical (unpaired) electrons. The summed E-state index contributed by atoms with van der Waals surface area (Å²) in [5, 5.41) is 11.9. The summed E-state index contributed by atoms with van der Waals surface area (Å²) in [5.41, 5.74) is 2.45. The maximum absolute atomic E-state index is 12.5. The maximum atomic E-state index is 12.5. The van der Waals surface area contributed by atoms with Gasteiger partial charge in [-0.2, -0.15) is 0 Å². The molecule has 1 fully saturated rings. The van der Waals surface area contributed by atoms with Crippen LogP contribution in [0.2, 0.25) is 0 Å². The van der Waals surface area contributed by atoms with Crippen LogP contribution in [0, 0.1) is 0 Å². The van der Waals surface area contributed by atoms with Gasteiger partial charge in [0.2, 0.25) is 5.91 Å². The zero-order valence-corrected chi connectivity index (χ0v) is 19.4. The van der Waals surface area contributed by atoms with E-state index in [1.165, 1.54) is 6.42 Å². The average Bonchev–Trinajstić information content (AvgIpc) is 2.84. The van der Waals surface area contributed by atoms with Gasteiger partial charge in [0.25, 0.3) is 11.8 Å². The summed E-state index contributed by atoms with van der Waals surface area (Å²) in [6, 6.07) is 14.3. The minimum Gasteiger partial charge on any atom is -0.376 e. The van der Waals surface area contributed by atoms with E-state index in [1.807, 2.05) is 19.9 Å². The first-order valence-corrected chi connectivity index (χ1v) is 11.8. The Morgan fingerprint density at radius 1 is 0.909 bits per heavy atom. The molecule has 4 N–H and O–H groups in total. The molecule has 3 amide bonds. The quantitative estimate of drug-likeness (QED) is 0.457. The van der Waals surface area contributed by atoms with E-state index >= 15 is 0 Å². The Hall–Kier alpha value is -3.35. The molecule has 1 saturated carbocycles. The number of amides is 3. The van der Waals surface area contributed by atoms with Crippen LogP contribution in [0.4, 0.5) is 11.4 Å². The van der Waals surface area contributed by atoms with Crippen LogP contribution in [0.25, 0.3) is 0 Å². The summed E-state index contributed by atoms with van der Waals surface area (Å²) in [6.45, 7) is 4.03. The van der Waals surface area contributed by atoms with Gasteiger partial charge in [-0.15, -0.1) is 0 Å². The Morgan fingerprint density at radius 3 is 2.33 bits per heavy atom. The highest BCUT2D eigenvalue weighted by Crippen LogP contribution is 2.18. The highest BCUT2D eigenvalue weighted by Gasteiger charge is 2.17. The second-order valence-corrected chi connectivity index (χ2v) is 8.65. The van der Waals surface area contributed by atoms with Crippen molar-refractivity contribution in [2.75, 3.05) is 17.2 Å². The lowest BCUT2D eigenvalue weighted by Crippen LogP contribution is -2.36. The minimum absolute atomic E-state index is 0.0595. The number of carbonyl (C=O) groups excluding carboxylic acids is 3. The summed E-state index contributed by atoms with van der Waals surface area (Å²) < 4.78 is 0. The van der Waals surface area contributed by atoms with Crippen molar-refractivity contribution in [1.29, 1.82) is 0 Å². The van der Waals surface area contributed by atoms with Crippen LogP contribution < -0.4 is 21.3 Å². The molecule has 2 aromatic carbocycles. The lowest BCUT2D eigenvalue weighted by molar-refractivity contribution is -0.114. The van der Waals surface area contributed by atoms with E-state index in [-0.39, 0.29) is 36.3 Å². The van der Waals surface area contributed by atoms with Crippen molar-refractivity contribution in [2.45, 2.75) is 64.5 Å². The molecule has 0 aromatic heterocycles. The molecule has 3 rings (SSSR count). The summed E-state index contributed by atoms with van der Waals surface area (Å²) in [6.07, 6.45) is 6.50. The standard InChI is InChI=1S/C26H34N4O3/c1-3-18(2)28-25(32)19-12-14-22(15-13-19)29-24(31)17-27-23-11-7-8-20(16-23)26(33)30-21-9-5-4-6-10-21/h7-8,11-16,18,21,27H,3-6,9-10,17H2,1-2H3,(H,28,32)(H,29,31)(H,30,33). The monoisotopic (exact) mass is 450 g/mol. The Labute approximate surface area is 195 Å². The number of anilines is 2. The van der Waals surface area contributed by atoms with Gasteiger partial charge < -0.3 is 21.3 Å². The summed E-state index contributed by atoms with van der Waals surface area (Å²) in [4.78, 5) is 37.0. The Bertz CT molecular complexity index is 952. The molecule has 1 unspecified atom stereocenters. The first kappa shape index (κ1) is 24.3. The van der Waals surface area contributed by atoms with Gasteiger partial charge in [0.15, 0.2) is 0 Å². The third-order valence-electron chi connectivity index (χ3n) is 5.94. The van der Waals surface area contributed by atoms with Gasteiger partial charge in [-0.25, -0.2) is 0 Å². The molecule has 1 aliphatic rings. The largest absolute Gasteiger partial charge is 0.376 e. The molecule has 176 valence electrons. The third-order valence-corrected chi connectivity index (χ3v) is 5.94. The predicted molar refractivity (Wildman–Crippen MR) is 132 cm³/mol. The van der Waals surface area contributed by atoms with Gasteiger partial charge in [0.05, 0.1) is 6.54 Å². The Balaban J connectivity index is 1.48. The van der Waals surface area contributed by atoms with Gasteiger partial charge in [-0.05, 0) is 68.7 Å². The summed E-state index contributed by atoms with van der Waals surface area (Å²) >= 11 is 0. The van der Waals surface area contributed by atoms with Gasteiger partial charge >= 0.3 is 0 Å². The van der Waals surface area contributed by atoms with Gasteiger partial charge in [-0.3, -0.25) is 14.4 Å². The number of rotatable bonds is 9. The first-order chi connectivity index (χ1) is 15.9. The zero-order chi connectivity index (χ0) is 23.6. The highest BCUT2D eigenvalue weighted by atomic mass is 16.2. The molecule has 1 aliphatic carbocycles. The maximum Gasteiger partial charge on any atom is 0.251 e. The van der Waals surface area contributed by atoms with Crippen molar-refractivity contribution in [1.82, 2.24) is 10.6 Å². The molecular weight excluding hydrogens is 416 g/mol. The van der Waals surface area contributed by atoms with Gasteiger partial charge in [-0.1, -0.05) is 32.3 Å². The van der Waals surface area contributed by atoms with E-state index in [1.54, 1.807) is 42.5 Å². The second kappa shape index (κ2) is 12.0. The number of nitrogens with one attached hydrogen (secondary N) is 4. The number of benzene rings is 2. The third kappa shape index (κ3) is 7.63. The molecule has 0 spiro atoms. The zero-order valence-electron chi connectivity index (χ0n) is 19.4. The SMILES string of the molecule is CCC(C)NC(=O)c1ccc(NC(=O)CNc2cccc(C(=O)NC3CCCCC3)c2)cc1. The normalized spacial score (nSPS) is 14.7. The van der Waals surface area contributed by atoms with Crippen molar-refractivity contribution >= 4 is 29.1 Å². The first-order valence-electron chi connectivity index (χ1n) is 11.8. The Morgan fingerprint density at radius 2 is 1.64 bits per heavy atom. The van der Waals surface area contributed by atoms with Gasteiger partial charge in [0.1, 0.15) is 0 Å². The van der Waals surface area contributed by atoms with Crippen LogP contribution >= 0.6 is 0 Å². The van der Waals surface area contributed by atoms with Crippen molar-refractivity contribution in [3.8, 4) is 0 Å². The van der Waals surface area contributed by atoms with E-state index in [9.17, 15) is 14.4 Å². The predicted octanol–water partition coefficient (Wildman–Crippen LogP) is 4.33. The number of hydrogen-bond donors (Lipinski definition) is 4. The molecule has 2 aromatic rings. The molecular formula is C26H34N4O3. The minimum atomic E-state index is -0.219. The van der Waals surface area contributed by atoms with E-state index < -0.39 is 0 Å². The van der Waals surface area contributed by atoms with Crippen LogP contribution in [-0.4, -0.2) is 36.3 Å². The molecule has 0 bridgehead atoms. The van der Waals surface area contributed by atoms with Crippen LogP contribution in [0.3, 0.4) is 0 Å². The lowest BCUT2D eigenvalue weighted by atomic mass is 9.95. The van der Waals surface area contributed by atoms with E-state index in [4.69, 9.17) is 0 Å². The topological polar surface area (TPSA) is 99.3 Å². The lowest BCUT2D eigenvalue weighted by Gasteiger charge is -2.22. The molecule has 0 saturated heterocycles. The van der Waals surface area contributed by atoms with Crippen molar-refractivity contribution in [3.05, 3.63) is 59.7 Å². The molecule has 33 heavy (non-hydrogen) atoms. The fourth-order valence-corrected chi connectivity index (χ4v) is 3.79. The van der Waals surface area contributed by atoms with Gasteiger partial charge in [0, 0.05) is 34.6 Å². The average molecular weight is 451 g/mol. The fourth-order valence-electron chi connectivity index (χ4n) is 3.79. The van der Waals surface area contributed by atoms with Crippen LogP contribution in [-0.2, 0) is 4.79 Å². The molecule has 7 heteroatoms. The molecule has 7 nitrogen and oxygen atoms in total. The smallest absolute Gasteiger partial charge is 0.251 e. The van der Waals surface area contributed by atoms with Crippen molar-refractivity contribution < 1.29 is 14.4 Å². The Kier molecular flexibility index (Phi) is 8.87. The van der Waals surface area contributed by atoms with Crippen molar-refractivity contribution in [2.24, 2.45) is 0 Å².